The van der Waals surface area contributed by atoms with Crippen molar-refractivity contribution in [3.8, 4) is 11.8 Å². The maximum absolute atomic E-state index is 12.7. The molecule has 1 heterocycles. The predicted octanol–water partition coefficient (Wildman–Crippen LogP) is 5.83. The number of ether oxygens (including phenoxy) is 1. The first-order valence-electron chi connectivity index (χ1n) is 9.14. The Morgan fingerprint density at radius 1 is 1.21 bits per heavy atom. The molecule has 0 saturated heterocycles. The van der Waals surface area contributed by atoms with E-state index in [1.165, 1.54) is 0 Å². The Balaban J connectivity index is 1.94. The third-order valence-electron chi connectivity index (χ3n) is 4.73. The van der Waals surface area contributed by atoms with E-state index in [0.29, 0.717) is 10.8 Å². The van der Waals surface area contributed by atoms with E-state index in [2.05, 4.69) is 11.5 Å². The second-order valence-electron chi connectivity index (χ2n) is 6.63. The minimum absolute atomic E-state index is 0.0456. The molecule has 0 radical (unpaired) electrons. The van der Waals surface area contributed by atoms with Crippen molar-refractivity contribution in [2.45, 2.75) is 33.7 Å². The summed E-state index contributed by atoms with van der Waals surface area (Å²) in [5.41, 5.74) is 2.92. The molecule has 0 saturated carbocycles. The molecule has 0 unspecified atom stereocenters. The highest BCUT2D eigenvalue weighted by atomic mass is 35.5. The van der Waals surface area contributed by atoms with Gasteiger partial charge in [-0.25, -0.2) is 4.79 Å². The molecule has 0 bridgehead atoms. The zero-order chi connectivity index (χ0) is 20.3. The van der Waals surface area contributed by atoms with Gasteiger partial charge in [0.25, 0.3) is 0 Å². The lowest BCUT2D eigenvalue weighted by Crippen LogP contribution is -2.10. The molecule has 3 aromatic rings. The highest BCUT2D eigenvalue weighted by molar-refractivity contribution is 6.35. The number of hydrogen-bond acceptors (Lipinski definition) is 3. The zero-order valence-corrected chi connectivity index (χ0v) is 16.9. The van der Waals surface area contributed by atoms with Crippen LogP contribution in [0.1, 0.15) is 30.3 Å². The minimum Gasteiger partial charge on any atom is -0.422 e. The third-order valence-corrected chi connectivity index (χ3v) is 5.06. The van der Waals surface area contributed by atoms with Gasteiger partial charge in [0.1, 0.15) is 17.4 Å². The molecule has 5 heteroatoms. The summed E-state index contributed by atoms with van der Waals surface area (Å²) >= 11 is 6.22. The molecular weight excluding hydrogens is 372 g/mol. The average Bonchev–Trinajstić information content (AvgIpc) is 2.96. The first kappa shape index (κ1) is 19.7. The molecule has 2 aromatic carbocycles. The summed E-state index contributed by atoms with van der Waals surface area (Å²) in [6.07, 6.45) is 2.60. The Kier molecular flexibility index (Phi) is 5.87. The lowest BCUT2D eigenvalue weighted by atomic mass is 10.1. The minimum atomic E-state index is -0.685. The van der Waals surface area contributed by atoms with Crippen molar-refractivity contribution in [3.05, 3.63) is 70.0 Å². The zero-order valence-electron chi connectivity index (χ0n) is 16.1. The SMILES string of the molecule is CCCn1c(C)cc(C=C(C#N)C(=O)Oc2ccc(Cl)c3ccccc23)c1C. The van der Waals surface area contributed by atoms with Crippen LogP contribution in [0.4, 0.5) is 0 Å². The molecule has 0 amide bonds. The summed E-state index contributed by atoms with van der Waals surface area (Å²) in [5, 5.41) is 11.6. The number of hydrogen-bond donors (Lipinski definition) is 0. The Bertz CT molecular complexity index is 1120. The van der Waals surface area contributed by atoms with Crippen LogP contribution in [0.25, 0.3) is 16.8 Å². The van der Waals surface area contributed by atoms with Crippen molar-refractivity contribution >= 4 is 34.4 Å². The summed E-state index contributed by atoms with van der Waals surface area (Å²) < 4.78 is 7.72. The van der Waals surface area contributed by atoms with Crippen LogP contribution in [0.3, 0.4) is 0 Å². The fraction of sp³-hybridized carbons (Fsp3) is 0.217. The average molecular weight is 393 g/mol. The largest absolute Gasteiger partial charge is 0.422 e. The number of benzene rings is 2. The van der Waals surface area contributed by atoms with Gasteiger partial charge in [-0.3, -0.25) is 0 Å². The van der Waals surface area contributed by atoms with E-state index in [4.69, 9.17) is 16.3 Å². The molecule has 0 aliphatic carbocycles. The number of halogens is 1. The van der Waals surface area contributed by atoms with Crippen molar-refractivity contribution in [1.29, 1.82) is 5.26 Å². The van der Waals surface area contributed by atoms with Gasteiger partial charge in [0.05, 0.1) is 0 Å². The van der Waals surface area contributed by atoms with E-state index < -0.39 is 5.97 Å². The second kappa shape index (κ2) is 8.33. The predicted molar refractivity (Wildman–Crippen MR) is 112 cm³/mol. The van der Waals surface area contributed by atoms with Crippen LogP contribution in [0, 0.1) is 25.2 Å². The molecule has 0 aliphatic rings. The summed E-state index contributed by atoms with van der Waals surface area (Å²) in [6, 6.07) is 14.7. The molecule has 28 heavy (non-hydrogen) atoms. The number of rotatable bonds is 5. The molecular formula is C23H21ClN2O2. The van der Waals surface area contributed by atoms with Gasteiger partial charge in [-0.15, -0.1) is 0 Å². The van der Waals surface area contributed by atoms with Crippen molar-refractivity contribution in [1.82, 2.24) is 4.57 Å². The van der Waals surface area contributed by atoms with Crippen LogP contribution < -0.4 is 4.74 Å². The monoisotopic (exact) mass is 392 g/mol. The number of aryl methyl sites for hydroxylation is 1. The van der Waals surface area contributed by atoms with E-state index in [1.54, 1.807) is 18.2 Å². The van der Waals surface area contributed by atoms with E-state index in [-0.39, 0.29) is 5.57 Å². The number of nitrogens with zero attached hydrogens (tertiary/aromatic N) is 2. The first-order valence-corrected chi connectivity index (χ1v) is 9.52. The molecule has 0 atom stereocenters. The van der Waals surface area contributed by atoms with E-state index >= 15 is 0 Å². The van der Waals surface area contributed by atoms with Crippen molar-refractivity contribution < 1.29 is 9.53 Å². The summed E-state index contributed by atoms with van der Waals surface area (Å²) in [5.74, 6) is -0.308. The van der Waals surface area contributed by atoms with Gasteiger partial charge in [-0.2, -0.15) is 5.26 Å². The number of carbonyl (C=O) groups excluding carboxylic acids is 1. The van der Waals surface area contributed by atoms with Gasteiger partial charge in [0, 0.05) is 33.7 Å². The number of nitriles is 1. The number of aromatic nitrogens is 1. The Hall–Kier alpha value is -3.03. The lowest BCUT2D eigenvalue weighted by Gasteiger charge is -2.09. The normalized spacial score (nSPS) is 11.5. The number of esters is 1. The molecule has 0 N–H and O–H groups in total. The number of fused-ring (bicyclic) bond motifs is 1. The lowest BCUT2D eigenvalue weighted by molar-refractivity contribution is -0.129. The van der Waals surface area contributed by atoms with Crippen LogP contribution >= 0.6 is 11.6 Å². The quantitative estimate of drug-likeness (QED) is 0.237. The van der Waals surface area contributed by atoms with Gasteiger partial charge in [-0.1, -0.05) is 42.8 Å². The Morgan fingerprint density at radius 2 is 1.93 bits per heavy atom. The summed E-state index contributed by atoms with van der Waals surface area (Å²) in [7, 11) is 0. The fourth-order valence-electron chi connectivity index (χ4n) is 3.31. The standard InChI is InChI=1S/C23H21ClN2O2/c1-4-11-26-15(2)12-17(16(26)3)13-18(14-25)23(27)28-22-10-9-21(24)19-7-5-6-8-20(19)22/h5-10,12-13H,4,11H2,1-3H3. The molecule has 1 aromatic heterocycles. The van der Waals surface area contributed by atoms with E-state index in [0.717, 1.165) is 40.7 Å². The van der Waals surface area contributed by atoms with Crippen molar-refractivity contribution in [3.63, 3.8) is 0 Å². The maximum atomic E-state index is 12.7. The molecule has 3 rings (SSSR count). The smallest absolute Gasteiger partial charge is 0.354 e. The summed E-state index contributed by atoms with van der Waals surface area (Å²) in [6.45, 7) is 7.02. The first-order chi connectivity index (χ1) is 13.5. The topological polar surface area (TPSA) is 55.0 Å². The molecule has 142 valence electrons. The number of carbonyl (C=O) groups is 1. The van der Waals surface area contributed by atoms with Gasteiger partial charge in [-0.05, 0) is 50.1 Å². The molecule has 0 spiro atoms. The molecule has 0 aliphatic heterocycles. The van der Waals surface area contributed by atoms with Gasteiger partial charge in [0.15, 0.2) is 0 Å². The van der Waals surface area contributed by atoms with Crippen LogP contribution in [0.2, 0.25) is 5.02 Å². The van der Waals surface area contributed by atoms with Crippen molar-refractivity contribution in [2.24, 2.45) is 0 Å². The highest BCUT2D eigenvalue weighted by Crippen LogP contribution is 2.31. The molecule has 4 nitrogen and oxygen atoms in total. The van der Waals surface area contributed by atoms with E-state index in [1.807, 2.05) is 50.2 Å². The van der Waals surface area contributed by atoms with Crippen molar-refractivity contribution in [2.75, 3.05) is 0 Å². The third kappa shape index (κ3) is 3.81. The fourth-order valence-corrected chi connectivity index (χ4v) is 3.54. The van der Waals surface area contributed by atoms with Gasteiger partial charge >= 0.3 is 5.97 Å². The van der Waals surface area contributed by atoms with Crippen LogP contribution in [-0.4, -0.2) is 10.5 Å². The van der Waals surface area contributed by atoms with E-state index in [9.17, 15) is 10.1 Å². The summed E-state index contributed by atoms with van der Waals surface area (Å²) in [4.78, 5) is 12.7. The van der Waals surface area contributed by atoms with Gasteiger partial charge in [0.2, 0.25) is 0 Å². The Morgan fingerprint density at radius 3 is 2.61 bits per heavy atom. The van der Waals surface area contributed by atoms with Crippen LogP contribution in [0.15, 0.2) is 48.0 Å². The van der Waals surface area contributed by atoms with Gasteiger partial charge < -0.3 is 9.30 Å². The second-order valence-corrected chi connectivity index (χ2v) is 7.04. The van der Waals surface area contributed by atoms with Crippen LogP contribution in [0.5, 0.6) is 5.75 Å². The Labute approximate surface area is 169 Å². The maximum Gasteiger partial charge on any atom is 0.354 e. The molecule has 0 fully saturated rings. The highest BCUT2D eigenvalue weighted by Gasteiger charge is 2.16. The van der Waals surface area contributed by atoms with Crippen LogP contribution in [-0.2, 0) is 11.3 Å².